The van der Waals surface area contributed by atoms with Crippen LogP contribution < -0.4 is 5.73 Å². The number of halogens is 2. The van der Waals surface area contributed by atoms with Crippen molar-refractivity contribution in [2.75, 3.05) is 0 Å². The van der Waals surface area contributed by atoms with Crippen molar-refractivity contribution in [2.45, 2.75) is 41.0 Å². The van der Waals surface area contributed by atoms with E-state index >= 15 is 0 Å². The number of hydrogen-bond donors (Lipinski definition) is 2. The molecule has 1 rings (SSSR count). The number of benzene rings is 1. The largest absolute Gasteiger partial charge is 0.384 e. The minimum atomic E-state index is -0.790. The SMILES string of the molecule is CC.CC.CCc1ccc(F)c(C(=N)N)c1F. The first kappa shape index (κ1) is 17.9. The minimum absolute atomic E-state index is 0.367. The fraction of sp³-hybridized carbons (Fsp3) is 0.462. The summed E-state index contributed by atoms with van der Waals surface area (Å²) in [4.78, 5) is 0. The lowest BCUT2D eigenvalue weighted by molar-refractivity contribution is 0.569. The van der Waals surface area contributed by atoms with Gasteiger partial charge in [0.1, 0.15) is 17.5 Å². The van der Waals surface area contributed by atoms with Gasteiger partial charge < -0.3 is 5.73 Å². The van der Waals surface area contributed by atoms with Crippen molar-refractivity contribution in [1.29, 1.82) is 5.41 Å². The third-order valence-corrected chi connectivity index (χ3v) is 1.82. The molecule has 0 amide bonds. The van der Waals surface area contributed by atoms with Gasteiger partial charge in [-0.15, -0.1) is 0 Å². The van der Waals surface area contributed by atoms with E-state index in [4.69, 9.17) is 11.1 Å². The van der Waals surface area contributed by atoms with Gasteiger partial charge in [-0.3, -0.25) is 5.41 Å². The van der Waals surface area contributed by atoms with E-state index in [1.807, 2.05) is 27.7 Å². The number of hydrogen-bond acceptors (Lipinski definition) is 1. The van der Waals surface area contributed by atoms with E-state index in [2.05, 4.69) is 0 Å². The molecule has 1 aromatic carbocycles. The monoisotopic (exact) mass is 244 g/mol. The highest BCUT2D eigenvalue weighted by Gasteiger charge is 2.14. The van der Waals surface area contributed by atoms with Gasteiger partial charge in [0.05, 0.1) is 5.56 Å². The van der Waals surface area contributed by atoms with Gasteiger partial charge in [-0.2, -0.15) is 0 Å². The van der Waals surface area contributed by atoms with E-state index in [1.54, 1.807) is 6.92 Å². The number of nitrogen functional groups attached to an aromatic ring is 1. The molecule has 0 unspecified atom stereocenters. The Labute approximate surface area is 102 Å². The first-order valence-corrected chi connectivity index (χ1v) is 5.89. The van der Waals surface area contributed by atoms with E-state index < -0.39 is 23.0 Å². The third-order valence-electron chi connectivity index (χ3n) is 1.82. The summed E-state index contributed by atoms with van der Waals surface area (Å²) in [5.41, 5.74) is 4.98. The van der Waals surface area contributed by atoms with Gasteiger partial charge in [0, 0.05) is 0 Å². The molecule has 0 aliphatic carbocycles. The second kappa shape index (κ2) is 9.75. The molecule has 1 aromatic rings. The van der Waals surface area contributed by atoms with Crippen molar-refractivity contribution >= 4 is 5.84 Å². The molecule has 17 heavy (non-hydrogen) atoms. The van der Waals surface area contributed by atoms with E-state index in [0.29, 0.717) is 12.0 Å². The molecule has 3 N–H and O–H groups in total. The highest BCUT2D eigenvalue weighted by molar-refractivity contribution is 5.95. The molecule has 0 bridgehead atoms. The molecule has 0 spiro atoms. The molecule has 4 heteroatoms. The molecule has 0 heterocycles. The molecule has 0 atom stereocenters. The molecule has 0 aliphatic rings. The van der Waals surface area contributed by atoms with Crippen molar-refractivity contribution in [3.63, 3.8) is 0 Å². The molecular weight excluding hydrogens is 222 g/mol. The Hall–Kier alpha value is -1.45. The lowest BCUT2D eigenvalue weighted by Gasteiger charge is -2.06. The van der Waals surface area contributed by atoms with Crippen LogP contribution in [0.3, 0.4) is 0 Å². The Bertz CT molecular complexity index is 350. The van der Waals surface area contributed by atoms with Crippen molar-refractivity contribution in [3.05, 3.63) is 34.9 Å². The van der Waals surface area contributed by atoms with Gasteiger partial charge in [-0.1, -0.05) is 40.7 Å². The Morgan fingerprint density at radius 3 is 2.00 bits per heavy atom. The second-order valence-corrected chi connectivity index (χ2v) is 2.66. The molecule has 0 fully saturated rings. The Morgan fingerprint density at radius 2 is 1.65 bits per heavy atom. The average molecular weight is 244 g/mol. The van der Waals surface area contributed by atoms with Crippen molar-refractivity contribution < 1.29 is 8.78 Å². The minimum Gasteiger partial charge on any atom is -0.384 e. The highest BCUT2D eigenvalue weighted by Crippen LogP contribution is 2.16. The summed E-state index contributed by atoms with van der Waals surface area (Å²) in [7, 11) is 0. The number of nitrogens with two attached hydrogens (primary N) is 1. The fourth-order valence-corrected chi connectivity index (χ4v) is 1.12. The summed E-state index contributed by atoms with van der Waals surface area (Å²) in [6.45, 7) is 9.75. The number of nitrogens with one attached hydrogen (secondary N) is 1. The zero-order chi connectivity index (χ0) is 14.0. The Kier molecular flexibility index (Phi) is 10.3. The predicted molar refractivity (Wildman–Crippen MR) is 69.4 cm³/mol. The number of amidine groups is 1. The zero-order valence-electron chi connectivity index (χ0n) is 11.2. The quantitative estimate of drug-likeness (QED) is 0.602. The van der Waals surface area contributed by atoms with Gasteiger partial charge in [0.15, 0.2) is 0 Å². The van der Waals surface area contributed by atoms with Crippen LogP contribution in [-0.4, -0.2) is 5.84 Å². The van der Waals surface area contributed by atoms with Gasteiger partial charge >= 0.3 is 0 Å². The highest BCUT2D eigenvalue weighted by atomic mass is 19.1. The molecule has 0 saturated heterocycles. The summed E-state index contributed by atoms with van der Waals surface area (Å²) < 4.78 is 26.3. The van der Waals surface area contributed by atoms with Crippen LogP contribution in [0, 0.1) is 17.0 Å². The maximum Gasteiger partial charge on any atom is 0.140 e. The Morgan fingerprint density at radius 1 is 1.18 bits per heavy atom. The first-order valence-electron chi connectivity index (χ1n) is 5.89. The van der Waals surface area contributed by atoms with Crippen LogP contribution in [0.1, 0.15) is 45.7 Å². The molecule has 0 radical (unpaired) electrons. The second-order valence-electron chi connectivity index (χ2n) is 2.66. The van der Waals surface area contributed by atoms with Crippen molar-refractivity contribution in [3.8, 4) is 0 Å². The molecule has 0 aromatic heterocycles. The van der Waals surface area contributed by atoms with Crippen LogP contribution in [0.15, 0.2) is 12.1 Å². The van der Waals surface area contributed by atoms with Crippen molar-refractivity contribution in [2.24, 2.45) is 5.73 Å². The molecule has 2 nitrogen and oxygen atoms in total. The average Bonchev–Trinajstić information content (AvgIpc) is 2.34. The maximum atomic E-state index is 13.3. The van der Waals surface area contributed by atoms with E-state index in [-0.39, 0.29) is 0 Å². The summed E-state index contributed by atoms with van der Waals surface area (Å²) in [6.07, 6.45) is 0.451. The lowest BCUT2D eigenvalue weighted by Crippen LogP contribution is -2.16. The summed E-state index contributed by atoms with van der Waals surface area (Å²) in [6, 6.07) is 2.48. The zero-order valence-corrected chi connectivity index (χ0v) is 11.2. The number of aryl methyl sites for hydroxylation is 1. The van der Waals surface area contributed by atoms with Crippen LogP contribution in [0.25, 0.3) is 0 Å². The molecule has 98 valence electrons. The normalized spacial score (nSPS) is 8.41. The van der Waals surface area contributed by atoms with Gasteiger partial charge in [-0.25, -0.2) is 8.78 Å². The topological polar surface area (TPSA) is 49.9 Å². The summed E-state index contributed by atoms with van der Waals surface area (Å²) >= 11 is 0. The van der Waals surface area contributed by atoms with Crippen LogP contribution in [0.5, 0.6) is 0 Å². The third kappa shape index (κ3) is 4.93. The fourth-order valence-electron chi connectivity index (χ4n) is 1.12. The van der Waals surface area contributed by atoms with Crippen LogP contribution in [-0.2, 0) is 6.42 Å². The van der Waals surface area contributed by atoms with Gasteiger partial charge in [0.25, 0.3) is 0 Å². The molecule has 0 saturated carbocycles. The van der Waals surface area contributed by atoms with Crippen LogP contribution >= 0.6 is 0 Å². The lowest BCUT2D eigenvalue weighted by atomic mass is 10.1. The Balaban J connectivity index is 0. The summed E-state index contributed by atoms with van der Waals surface area (Å²) in [5, 5.41) is 6.99. The van der Waals surface area contributed by atoms with Gasteiger partial charge in [-0.05, 0) is 18.1 Å². The molecular formula is C13H22F2N2. The van der Waals surface area contributed by atoms with E-state index in [0.717, 1.165) is 6.07 Å². The smallest absolute Gasteiger partial charge is 0.140 e. The van der Waals surface area contributed by atoms with E-state index in [9.17, 15) is 8.78 Å². The van der Waals surface area contributed by atoms with Crippen molar-refractivity contribution in [1.82, 2.24) is 0 Å². The predicted octanol–water partition coefficient (Wildman–Crippen LogP) is 3.86. The maximum absolute atomic E-state index is 13.3. The van der Waals surface area contributed by atoms with Crippen LogP contribution in [0.4, 0.5) is 8.78 Å². The first-order chi connectivity index (χ1) is 8.07. The summed E-state index contributed by atoms with van der Waals surface area (Å²) in [5.74, 6) is -2.09. The number of rotatable bonds is 2. The van der Waals surface area contributed by atoms with Gasteiger partial charge in [0.2, 0.25) is 0 Å². The standard InChI is InChI=1S/C9H10F2N2.2C2H6/c1-2-5-3-4-6(10)7(8(5)11)9(12)13;2*1-2/h3-4H,2H2,1H3,(H3,12,13);2*1-2H3. The molecule has 0 aliphatic heterocycles. The van der Waals surface area contributed by atoms with Crippen LogP contribution in [0.2, 0.25) is 0 Å². The van der Waals surface area contributed by atoms with E-state index in [1.165, 1.54) is 6.07 Å².